The van der Waals surface area contributed by atoms with Gasteiger partial charge in [-0.25, -0.2) is 0 Å². The van der Waals surface area contributed by atoms with E-state index in [1.807, 2.05) is 19.1 Å². The zero-order valence-corrected chi connectivity index (χ0v) is 7.40. The molecule has 0 bridgehead atoms. The molecular weight excluding hydrogens is 168 g/mol. The van der Waals surface area contributed by atoms with E-state index in [0.717, 1.165) is 5.69 Å². The lowest BCUT2D eigenvalue weighted by molar-refractivity contribution is -0.137. The molecule has 4 heteroatoms. The molecule has 0 unspecified atom stereocenters. The fourth-order valence-electron chi connectivity index (χ4n) is 1.06. The van der Waals surface area contributed by atoms with Gasteiger partial charge in [0, 0.05) is 5.69 Å². The minimum absolute atomic E-state index is 0.0869. The van der Waals surface area contributed by atoms with Crippen LogP contribution in [0.25, 0.3) is 0 Å². The summed E-state index contributed by atoms with van der Waals surface area (Å²) in [6.07, 6.45) is -0.0869. The fourth-order valence-corrected chi connectivity index (χ4v) is 1.06. The lowest BCUT2D eigenvalue weighted by atomic mass is 10.1. The molecule has 70 valence electrons. The van der Waals surface area contributed by atoms with Gasteiger partial charge in [0.25, 0.3) is 0 Å². The Morgan fingerprint density at radius 2 is 2.38 bits per heavy atom. The number of carbonyl (C=O) groups is 1. The van der Waals surface area contributed by atoms with Crippen LogP contribution in [-0.2, 0) is 4.79 Å². The van der Waals surface area contributed by atoms with Gasteiger partial charge in [-0.2, -0.15) is 0 Å². The molecule has 0 radical (unpaired) electrons. The van der Waals surface area contributed by atoms with Crippen LogP contribution in [0, 0.1) is 6.92 Å². The van der Waals surface area contributed by atoms with Crippen molar-refractivity contribution in [3.05, 3.63) is 29.6 Å². The largest absolute Gasteiger partial charge is 0.481 e. The highest BCUT2D eigenvalue weighted by Crippen LogP contribution is 2.11. The molecule has 13 heavy (non-hydrogen) atoms. The van der Waals surface area contributed by atoms with E-state index in [9.17, 15) is 4.79 Å². The molecule has 0 fully saturated rings. The van der Waals surface area contributed by atoms with Crippen molar-refractivity contribution in [3.63, 3.8) is 0 Å². The zero-order valence-electron chi connectivity index (χ0n) is 7.40. The number of aryl methyl sites for hydroxylation is 1. The maximum Gasteiger partial charge on any atom is 0.305 e. The Hall–Kier alpha value is -1.42. The quantitative estimate of drug-likeness (QED) is 0.723. The Balaban J connectivity index is 2.76. The SMILES string of the molecule is Cc1cccc([C@H](N)CC(=O)O)n1. The summed E-state index contributed by atoms with van der Waals surface area (Å²) in [5.41, 5.74) is 7.09. The van der Waals surface area contributed by atoms with Crippen LogP contribution in [0.15, 0.2) is 18.2 Å². The standard InChI is InChI=1S/C9H12N2O2/c1-6-3-2-4-8(11-6)7(10)5-9(12)13/h2-4,7H,5,10H2,1H3,(H,12,13)/t7-/m1/s1. The second-order valence-corrected chi connectivity index (χ2v) is 2.91. The Labute approximate surface area is 76.4 Å². The molecule has 1 aromatic rings. The summed E-state index contributed by atoms with van der Waals surface area (Å²) in [4.78, 5) is 14.5. The molecule has 0 saturated heterocycles. The first-order chi connectivity index (χ1) is 6.09. The minimum Gasteiger partial charge on any atom is -0.481 e. The summed E-state index contributed by atoms with van der Waals surface area (Å²) in [5.74, 6) is -0.907. The average molecular weight is 180 g/mol. The number of pyridine rings is 1. The van der Waals surface area contributed by atoms with Gasteiger partial charge in [-0.3, -0.25) is 9.78 Å². The van der Waals surface area contributed by atoms with Gasteiger partial charge in [-0.05, 0) is 19.1 Å². The minimum atomic E-state index is -0.907. The van der Waals surface area contributed by atoms with Gasteiger partial charge in [0.15, 0.2) is 0 Å². The van der Waals surface area contributed by atoms with E-state index in [0.29, 0.717) is 5.69 Å². The molecule has 0 aliphatic rings. The van der Waals surface area contributed by atoms with Crippen molar-refractivity contribution in [3.8, 4) is 0 Å². The van der Waals surface area contributed by atoms with E-state index in [1.165, 1.54) is 0 Å². The van der Waals surface area contributed by atoms with Gasteiger partial charge in [-0.15, -0.1) is 0 Å². The number of carboxylic acids is 1. The number of rotatable bonds is 3. The number of hydrogen-bond acceptors (Lipinski definition) is 3. The third-order valence-corrected chi connectivity index (χ3v) is 1.68. The summed E-state index contributed by atoms with van der Waals surface area (Å²) >= 11 is 0. The number of carboxylic acid groups (broad SMARTS) is 1. The zero-order chi connectivity index (χ0) is 9.84. The van der Waals surface area contributed by atoms with Gasteiger partial charge in [-0.1, -0.05) is 6.07 Å². The summed E-state index contributed by atoms with van der Waals surface area (Å²) in [5, 5.41) is 8.51. The molecule has 0 spiro atoms. The van der Waals surface area contributed by atoms with Crippen LogP contribution in [0.2, 0.25) is 0 Å². The molecule has 1 atom stereocenters. The van der Waals surface area contributed by atoms with Crippen LogP contribution in [-0.4, -0.2) is 16.1 Å². The first-order valence-corrected chi connectivity index (χ1v) is 4.00. The van der Waals surface area contributed by atoms with Gasteiger partial charge in [0.2, 0.25) is 0 Å². The Morgan fingerprint density at radius 1 is 1.69 bits per heavy atom. The van der Waals surface area contributed by atoms with E-state index in [-0.39, 0.29) is 6.42 Å². The molecule has 0 amide bonds. The topological polar surface area (TPSA) is 76.2 Å². The van der Waals surface area contributed by atoms with Crippen LogP contribution in [0.3, 0.4) is 0 Å². The molecule has 0 saturated carbocycles. The average Bonchev–Trinajstić information content (AvgIpc) is 2.03. The van der Waals surface area contributed by atoms with Crippen LogP contribution in [0.5, 0.6) is 0 Å². The number of aliphatic carboxylic acids is 1. The van der Waals surface area contributed by atoms with Crippen molar-refractivity contribution in [2.75, 3.05) is 0 Å². The van der Waals surface area contributed by atoms with Crippen LogP contribution in [0.1, 0.15) is 23.9 Å². The molecule has 4 nitrogen and oxygen atoms in total. The maximum absolute atomic E-state index is 10.4. The van der Waals surface area contributed by atoms with Gasteiger partial charge < -0.3 is 10.8 Å². The van der Waals surface area contributed by atoms with E-state index in [4.69, 9.17) is 10.8 Å². The third-order valence-electron chi connectivity index (χ3n) is 1.68. The predicted octanol–water partition coefficient (Wildman–Crippen LogP) is 0.865. The number of nitrogens with zero attached hydrogens (tertiary/aromatic N) is 1. The molecule has 3 N–H and O–H groups in total. The Bertz CT molecular complexity index is 312. The monoisotopic (exact) mass is 180 g/mol. The molecule has 0 aliphatic carbocycles. The van der Waals surface area contributed by atoms with Crippen molar-refractivity contribution < 1.29 is 9.90 Å². The normalized spacial score (nSPS) is 12.5. The number of nitrogens with two attached hydrogens (primary N) is 1. The lowest BCUT2D eigenvalue weighted by Gasteiger charge is -2.08. The summed E-state index contributed by atoms with van der Waals surface area (Å²) in [6, 6.07) is 4.88. The maximum atomic E-state index is 10.4. The summed E-state index contributed by atoms with van der Waals surface area (Å²) in [7, 11) is 0. The van der Waals surface area contributed by atoms with E-state index in [1.54, 1.807) is 6.07 Å². The third kappa shape index (κ3) is 2.83. The number of hydrogen-bond donors (Lipinski definition) is 2. The highest BCUT2D eigenvalue weighted by atomic mass is 16.4. The van der Waals surface area contributed by atoms with E-state index >= 15 is 0 Å². The predicted molar refractivity (Wildman–Crippen MR) is 48.2 cm³/mol. The van der Waals surface area contributed by atoms with Crippen molar-refractivity contribution in [1.29, 1.82) is 0 Å². The van der Waals surface area contributed by atoms with Crippen LogP contribution >= 0.6 is 0 Å². The van der Waals surface area contributed by atoms with Crippen LogP contribution < -0.4 is 5.73 Å². The number of aromatic nitrogens is 1. The molecule has 0 aromatic carbocycles. The lowest BCUT2D eigenvalue weighted by Crippen LogP contribution is -2.16. The van der Waals surface area contributed by atoms with Gasteiger partial charge in [0.05, 0.1) is 18.2 Å². The molecule has 1 heterocycles. The second kappa shape index (κ2) is 4.00. The van der Waals surface area contributed by atoms with Crippen molar-refractivity contribution >= 4 is 5.97 Å². The Kier molecular flexibility index (Phi) is 2.97. The highest BCUT2D eigenvalue weighted by Gasteiger charge is 2.11. The van der Waals surface area contributed by atoms with Gasteiger partial charge in [0.1, 0.15) is 0 Å². The first-order valence-electron chi connectivity index (χ1n) is 4.00. The molecule has 0 aliphatic heterocycles. The second-order valence-electron chi connectivity index (χ2n) is 2.91. The fraction of sp³-hybridized carbons (Fsp3) is 0.333. The highest BCUT2D eigenvalue weighted by molar-refractivity contribution is 5.67. The van der Waals surface area contributed by atoms with Gasteiger partial charge >= 0.3 is 5.97 Å². The Morgan fingerprint density at radius 3 is 2.92 bits per heavy atom. The summed E-state index contributed by atoms with van der Waals surface area (Å²) < 4.78 is 0. The van der Waals surface area contributed by atoms with Crippen molar-refractivity contribution in [1.82, 2.24) is 4.98 Å². The van der Waals surface area contributed by atoms with Crippen LogP contribution in [0.4, 0.5) is 0 Å². The smallest absolute Gasteiger partial charge is 0.305 e. The summed E-state index contributed by atoms with van der Waals surface area (Å²) in [6.45, 7) is 1.84. The van der Waals surface area contributed by atoms with E-state index in [2.05, 4.69) is 4.98 Å². The van der Waals surface area contributed by atoms with Crippen molar-refractivity contribution in [2.24, 2.45) is 5.73 Å². The molecule has 1 aromatic heterocycles. The molecular formula is C9H12N2O2. The first kappa shape index (κ1) is 9.67. The van der Waals surface area contributed by atoms with E-state index < -0.39 is 12.0 Å². The molecule has 1 rings (SSSR count). The van der Waals surface area contributed by atoms with Crippen molar-refractivity contribution in [2.45, 2.75) is 19.4 Å².